The van der Waals surface area contributed by atoms with E-state index in [4.69, 9.17) is 18.9 Å². The van der Waals surface area contributed by atoms with E-state index in [2.05, 4.69) is 49.6 Å². The van der Waals surface area contributed by atoms with E-state index in [1.165, 1.54) is 0 Å². The third kappa shape index (κ3) is 5.64. The Bertz CT molecular complexity index is 526. The minimum Gasteiger partial charge on any atom is -0.349 e. The van der Waals surface area contributed by atoms with Gasteiger partial charge in [-0.25, -0.2) is 0 Å². The molecule has 0 saturated carbocycles. The summed E-state index contributed by atoms with van der Waals surface area (Å²) in [5, 5.41) is 0. The second kappa shape index (κ2) is 8.80. The SMILES string of the molecule is CC1(C)COC2(CCN(C/C=C/CN3CCC4(CC3)OCC(C)(C)CO4)CC2)OC1. The van der Waals surface area contributed by atoms with E-state index in [0.29, 0.717) is 0 Å². The lowest BCUT2D eigenvalue weighted by Crippen LogP contribution is -2.53. The van der Waals surface area contributed by atoms with Gasteiger partial charge in [0.1, 0.15) is 0 Å². The molecule has 0 bridgehead atoms. The Hall–Kier alpha value is -0.500. The summed E-state index contributed by atoms with van der Waals surface area (Å²) >= 11 is 0. The van der Waals surface area contributed by atoms with Crippen LogP contribution in [0.1, 0.15) is 53.4 Å². The summed E-state index contributed by atoms with van der Waals surface area (Å²) in [4.78, 5) is 5.01. The highest BCUT2D eigenvalue weighted by Crippen LogP contribution is 2.37. The molecule has 30 heavy (non-hydrogen) atoms. The van der Waals surface area contributed by atoms with E-state index in [9.17, 15) is 0 Å². The first-order valence-corrected chi connectivity index (χ1v) is 11.8. The molecular formula is C24H42N2O4. The zero-order chi connectivity index (χ0) is 21.3. The summed E-state index contributed by atoms with van der Waals surface area (Å²) in [6.45, 7) is 18.2. The lowest BCUT2D eigenvalue weighted by Gasteiger charge is -2.47. The smallest absolute Gasteiger partial charge is 0.170 e. The van der Waals surface area contributed by atoms with Crippen LogP contribution >= 0.6 is 0 Å². The Kier molecular flexibility index (Phi) is 6.65. The van der Waals surface area contributed by atoms with Crippen LogP contribution in [0, 0.1) is 10.8 Å². The first kappa shape index (κ1) is 22.7. The Morgan fingerprint density at radius 3 is 1.17 bits per heavy atom. The van der Waals surface area contributed by atoms with Crippen molar-refractivity contribution in [2.45, 2.75) is 65.0 Å². The van der Waals surface area contributed by atoms with Crippen LogP contribution in [0.2, 0.25) is 0 Å². The van der Waals surface area contributed by atoms with Crippen LogP contribution in [-0.4, -0.2) is 87.1 Å². The van der Waals surface area contributed by atoms with E-state index >= 15 is 0 Å². The maximum atomic E-state index is 6.14. The van der Waals surface area contributed by atoms with Gasteiger partial charge in [0.15, 0.2) is 11.6 Å². The fourth-order valence-corrected chi connectivity index (χ4v) is 4.65. The van der Waals surface area contributed by atoms with E-state index in [1.54, 1.807) is 0 Å². The van der Waals surface area contributed by atoms with Crippen molar-refractivity contribution < 1.29 is 18.9 Å². The molecule has 0 aromatic carbocycles. The number of ether oxygens (including phenoxy) is 4. The fraction of sp³-hybridized carbons (Fsp3) is 0.917. The molecule has 4 saturated heterocycles. The number of likely N-dealkylation sites (tertiary alicyclic amines) is 2. The molecule has 0 radical (unpaired) electrons. The predicted octanol–water partition coefficient (Wildman–Crippen LogP) is 3.27. The molecule has 4 fully saturated rings. The van der Waals surface area contributed by atoms with Crippen LogP contribution < -0.4 is 0 Å². The van der Waals surface area contributed by atoms with Gasteiger partial charge in [0.2, 0.25) is 0 Å². The van der Waals surface area contributed by atoms with Crippen molar-refractivity contribution in [2.24, 2.45) is 10.8 Å². The predicted molar refractivity (Wildman–Crippen MR) is 117 cm³/mol. The topological polar surface area (TPSA) is 43.4 Å². The van der Waals surface area contributed by atoms with Gasteiger partial charge in [-0.05, 0) is 0 Å². The summed E-state index contributed by atoms with van der Waals surface area (Å²) in [7, 11) is 0. The maximum absolute atomic E-state index is 6.14. The molecule has 4 heterocycles. The standard InChI is InChI=1S/C24H42N2O4/c1-21(2)17-27-23(28-18-21)7-13-25(14-8-23)11-5-6-12-26-15-9-24(10-16-26)29-19-22(3,4)20-30-24/h5-6H,7-20H2,1-4H3/b6-5+. The molecular weight excluding hydrogens is 380 g/mol. The van der Waals surface area contributed by atoms with Gasteiger partial charge in [0.25, 0.3) is 0 Å². The third-order valence-electron chi connectivity index (χ3n) is 7.03. The molecule has 172 valence electrons. The molecule has 0 atom stereocenters. The molecule has 0 aliphatic carbocycles. The lowest BCUT2D eigenvalue weighted by atomic mass is 9.92. The van der Waals surface area contributed by atoms with Gasteiger partial charge in [-0.1, -0.05) is 39.8 Å². The van der Waals surface area contributed by atoms with E-state index in [0.717, 1.165) is 91.4 Å². The van der Waals surface area contributed by atoms with Gasteiger partial charge in [-0.15, -0.1) is 0 Å². The van der Waals surface area contributed by atoms with Crippen LogP contribution in [-0.2, 0) is 18.9 Å². The second-order valence-electron chi connectivity index (χ2n) is 11.4. The van der Waals surface area contributed by atoms with Crippen LogP contribution in [0.25, 0.3) is 0 Å². The van der Waals surface area contributed by atoms with Gasteiger partial charge in [-0.3, -0.25) is 9.80 Å². The summed E-state index contributed by atoms with van der Waals surface area (Å²) in [5.74, 6) is -0.643. The molecule has 2 spiro atoms. The van der Waals surface area contributed by atoms with Crippen LogP contribution in [0.4, 0.5) is 0 Å². The normalized spacial score (nSPS) is 31.5. The second-order valence-corrected chi connectivity index (χ2v) is 11.4. The Morgan fingerprint density at radius 1 is 0.567 bits per heavy atom. The van der Waals surface area contributed by atoms with Gasteiger partial charge in [-0.2, -0.15) is 0 Å². The zero-order valence-corrected chi connectivity index (χ0v) is 19.6. The summed E-state index contributed by atoms with van der Waals surface area (Å²) < 4.78 is 24.6. The van der Waals surface area contributed by atoms with Crippen molar-refractivity contribution in [3.63, 3.8) is 0 Å². The molecule has 4 rings (SSSR count). The number of hydrogen-bond donors (Lipinski definition) is 0. The third-order valence-corrected chi connectivity index (χ3v) is 7.03. The molecule has 4 aliphatic rings. The van der Waals surface area contributed by atoms with Crippen molar-refractivity contribution in [3.8, 4) is 0 Å². The van der Waals surface area contributed by atoms with Crippen LogP contribution in [0.15, 0.2) is 12.2 Å². The number of piperidine rings is 2. The monoisotopic (exact) mass is 422 g/mol. The number of nitrogens with zero attached hydrogens (tertiary/aromatic N) is 2. The average Bonchev–Trinajstić information content (AvgIpc) is 2.73. The first-order valence-electron chi connectivity index (χ1n) is 11.8. The van der Waals surface area contributed by atoms with Crippen molar-refractivity contribution in [2.75, 3.05) is 65.7 Å². The lowest BCUT2D eigenvalue weighted by molar-refractivity contribution is -0.312. The molecule has 6 heteroatoms. The zero-order valence-electron chi connectivity index (χ0n) is 19.6. The molecule has 6 nitrogen and oxygen atoms in total. The van der Waals surface area contributed by atoms with Gasteiger partial charge < -0.3 is 18.9 Å². The van der Waals surface area contributed by atoms with Gasteiger partial charge in [0, 0.05) is 75.8 Å². The van der Waals surface area contributed by atoms with Crippen molar-refractivity contribution >= 4 is 0 Å². The molecule has 0 N–H and O–H groups in total. The van der Waals surface area contributed by atoms with Crippen LogP contribution in [0.3, 0.4) is 0 Å². The molecule has 4 aliphatic heterocycles. The highest BCUT2D eigenvalue weighted by atomic mass is 16.7. The fourth-order valence-electron chi connectivity index (χ4n) is 4.65. The summed E-state index contributed by atoms with van der Waals surface area (Å²) in [5.41, 5.74) is 0.288. The van der Waals surface area contributed by atoms with E-state index in [1.807, 2.05) is 0 Å². The van der Waals surface area contributed by atoms with E-state index in [-0.39, 0.29) is 22.4 Å². The van der Waals surface area contributed by atoms with Crippen molar-refractivity contribution in [3.05, 3.63) is 12.2 Å². The Morgan fingerprint density at radius 2 is 0.867 bits per heavy atom. The first-order chi connectivity index (χ1) is 14.2. The Labute approximate surface area is 182 Å². The highest BCUT2D eigenvalue weighted by molar-refractivity contribution is 4.93. The van der Waals surface area contributed by atoms with Gasteiger partial charge >= 0.3 is 0 Å². The summed E-state index contributed by atoms with van der Waals surface area (Å²) in [6.07, 6.45) is 8.54. The molecule has 0 aromatic rings. The van der Waals surface area contributed by atoms with E-state index < -0.39 is 0 Å². The maximum Gasteiger partial charge on any atom is 0.170 e. The Balaban J connectivity index is 1.12. The van der Waals surface area contributed by atoms with Crippen LogP contribution in [0.5, 0.6) is 0 Å². The number of rotatable bonds is 4. The highest BCUT2D eigenvalue weighted by Gasteiger charge is 2.43. The van der Waals surface area contributed by atoms with Crippen molar-refractivity contribution in [1.82, 2.24) is 9.80 Å². The summed E-state index contributed by atoms with van der Waals surface area (Å²) in [6, 6.07) is 0. The van der Waals surface area contributed by atoms with Crippen molar-refractivity contribution in [1.29, 1.82) is 0 Å². The van der Waals surface area contributed by atoms with Gasteiger partial charge in [0.05, 0.1) is 26.4 Å². The minimum absolute atomic E-state index is 0.144. The average molecular weight is 423 g/mol. The minimum atomic E-state index is -0.321. The largest absolute Gasteiger partial charge is 0.349 e. The molecule has 0 unspecified atom stereocenters. The quantitative estimate of drug-likeness (QED) is 0.648. The molecule has 0 amide bonds. The number of hydrogen-bond acceptors (Lipinski definition) is 6. The molecule has 0 aromatic heterocycles.